The van der Waals surface area contributed by atoms with Gasteiger partial charge in [0.1, 0.15) is 5.82 Å². The van der Waals surface area contributed by atoms with E-state index in [2.05, 4.69) is 32.6 Å². The number of halogens is 2. The molecule has 0 saturated carbocycles. The fraction of sp³-hybridized carbons (Fsp3) is 0.167. The highest BCUT2D eigenvalue weighted by atomic mass is 127. The van der Waals surface area contributed by atoms with Crippen LogP contribution in [0.3, 0.4) is 0 Å². The van der Waals surface area contributed by atoms with E-state index in [0.29, 0.717) is 17.2 Å². The molecular weight excluding hydrogens is 348 g/mol. The number of nitrogen functional groups attached to an aromatic ring is 1. The first-order valence-electron chi connectivity index (χ1n) is 5.16. The first-order valence-corrected chi connectivity index (χ1v) is 6.24. The summed E-state index contributed by atoms with van der Waals surface area (Å²) in [5.41, 5.74) is 7.12. The zero-order valence-corrected chi connectivity index (χ0v) is 12.0. The van der Waals surface area contributed by atoms with Crippen LogP contribution in [0.5, 0.6) is 5.75 Å². The van der Waals surface area contributed by atoms with Crippen LogP contribution in [0.1, 0.15) is 5.69 Å². The zero-order chi connectivity index (χ0) is 13.3. The number of aromatic nitrogens is 2. The van der Waals surface area contributed by atoms with E-state index in [4.69, 9.17) is 10.5 Å². The maximum Gasteiger partial charge on any atom is 0.165 e. The Morgan fingerprint density at radius 1 is 1.33 bits per heavy atom. The summed E-state index contributed by atoms with van der Waals surface area (Å²) in [7, 11) is 1.42. The normalized spacial score (nSPS) is 10.4. The maximum atomic E-state index is 13.6. The molecule has 2 rings (SSSR count). The maximum absolute atomic E-state index is 13.6. The molecule has 6 heteroatoms. The van der Waals surface area contributed by atoms with E-state index < -0.39 is 5.82 Å². The minimum atomic E-state index is -0.451. The molecule has 0 fully saturated rings. The molecule has 1 aromatic carbocycles. The van der Waals surface area contributed by atoms with Gasteiger partial charge < -0.3 is 10.5 Å². The van der Waals surface area contributed by atoms with Gasteiger partial charge in [0.25, 0.3) is 0 Å². The van der Waals surface area contributed by atoms with Gasteiger partial charge in [-0.25, -0.2) is 14.4 Å². The Bertz CT molecular complexity index is 581. The lowest BCUT2D eigenvalue weighted by atomic mass is 10.2. The van der Waals surface area contributed by atoms with Gasteiger partial charge in [0.2, 0.25) is 0 Å². The number of benzene rings is 1. The van der Waals surface area contributed by atoms with Gasteiger partial charge in [-0.05, 0) is 47.7 Å². The van der Waals surface area contributed by atoms with Gasteiger partial charge in [0.15, 0.2) is 17.4 Å². The van der Waals surface area contributed by atoms with Crippen molar-refractivity contribution in [2.45, 2.75) is 6.92 Å². The highest BCUT2D eigenvalue weighted by Gasteiger charge is 2.11. The van der Waals surface area contributed by atoms with Crippen LogP contribution in [0, 0.1) is 16.3 Å². The smallest absolute Gasteiger partial charge is 0.165 e. The third kappa shape index (κ3) is 2.38. The molecule has 4 nitrogen and oxygen atoms in total. The van der Waals surface area contributed by atoms with Crippen LogP contribution in [-0.2, 0) is 0 Å². The van der Waals surface area contributed by atoms with Crippen LogP contribution in [0.15, 0.2) is 18.2 Å². The van der Waals surface area contributed by atoms with Crippen LogP contribution < -0.4 is 10.5 Å². The number of rotatable bonds is 2. The van der Waals surface area contributed by atoms with Gasteiger partial charge in [-0.15, -0.1) is 0 Å². The number of nitrogens with zero attached hydrogens (tertiary/aromatic N) is 2. The minimum Gasteiger partial charge on any atom is -0.494 e. The van der Waals surface area contributed by atoms with Gasteiger partial charge >= 0.3 is 0 Å². The summed E-state index contributed by atoms with van der Waals surface area (Å²) in [4.78, 5) is 8.45. The topological polar surface area (TPSA) is 61.0 Å². The number of ether oxygens (including phenoxy) is 1. The lowest BCUT2D eigenvalue weighted by molar-refractivity contribution is 0.386. The molecule has 2 aromatic rings. The molecule has 1 aromatic heterocycles. The second kappa shape index (κ2) is 5.05. The summed E-state index contributed by atoms with van der Waals surface area (Å²) in [6, 6.07) is 4.57. The molecule has 18 heavy (non-hydrogen) atoms. The average molecular weight is 359 g/mol. The second-order valence-corrected chi connectivity index (χ2v) is 4.76. The molecule has 0 unspecified atom stereocenters. The largest absolute Gasteiger partial charge is 0.494 e. The molecule has 0 aliphatic heterocycles. The molecule has 0 bridgehead atoms. The van der Waals surface area contributed by atoms with Crippen molar-refractivity contribution in [3.05, 3.63) is 33.3 Å². The molecule has 2 N–H and O–H groups in total. The van der Waals surface area contributed by atoms with E-state index in [0.717, 1.165) is 9.26 Å². The molecule has 0 aliphatic rings. The molecule has 0 atom stereocenters. The first-order chi connectivity index (χ1) is 8.52. The minimum absolute atomic E-state index is 0.189. The van der Waals surface area contributed by atoms with Gasteiger partial charge in [0.05, 0.1) is 16.4 Å². The van der Waals surface area contributed by atoms with Gasteiger partial charge in [-0.3, -0.25) is 0 Å². The molecule has 0 saturated heterocycles. The Morgan fingerprint density at radius 3 is 2.61 bits per heavy atom. The van der Waals surface area contributed by atoms with Crippen molar-refractivity contribution in [2.75, 3.05) is 12.8 Å². The summed E-state index contributed by atoms with van der Waals surface area (Å²) in [5.74, 6) is 0.545. The van der Waals surface area contributed by atoms with Crippen molar-refractivity contribution < 1.29 is 9.13 Å². The molecule has 0 spiro atoms. The van der Waals surface area contributed by atoms with Crippen LogP contribution in [0.25, 0.3) is 11.4 Å². The Kier molecular flexibility index (Phi) is 3.65. The van der Waals surface area contributed by atoms with Crippen molar-refractivity contribution in [1.29, 1.82) is 0 Å². The monoisotopic (exact) mass is 359 g/mol. The van der Waals surface area contributed by atoms with E-state index in [-0.39, 0.29) is 5.75 Å². The van der Waals surface area contributed by atoms with Gasteiger partial charge in [-0.1, -0.05) is 0 Å². The summed E-state index contributed by atoms with van der Waals surface area (Å²) in [6.07, 6.45) is 0. The van der Waals surface area contributed by atoms with Crippen LogP contribution in [0.4, 0.5) is 10.2 Å². The van der Waals surface area contributed by atoms with E-state index in [9.17, 15) is 4.39 Å². The van der Waals surface area contributed by atoms with Gasteiger partial charge in [-0.2, -0.15) is 0 Å². The van der Waals surface area contributed by atoms with Crippen LogP contribution in [0.2, 0.25) is 0 Å². The predicted molar refractivity (Wildman–Crippen MR) is 75.8 cm³/mol. The predicted octanol–water partition coefficient (Wildman–Crippen LogP) is 2.79. The summed E-state index contributed by atoms with van der Waals surface area (Å²) < 4.78 is 19.3. The van der Waals surface area contributed by atoms with E-state index >= 15 is 0 Å². The molecule has 0 aliphatic carbocycles. The van der Waals surface area contributed by atoms with Crippen LogP contribution >= 0.6 is 22.6 Å². The highest BCUT2D eigenvalue weighted by Crippen LogP contribution is 2.25. The standard InChI is InChI=1S/C12H11FIN3O/c1-6-10(14)11(15)17-12(16-6)7-3-4-9(18-2)8(13)5-7/h3-5H,1-2H3,(H2,15,16,17). The lowest BCUT2D eigenvalue weighted by Gasteiger charge is -2.07. The van der Waals surface area contributed by atoms with Crippen LogP contribution in [-0.4, -0.2) is 17.1 Å². The quantitative estimate of drug-likeness (QED) is 0.838. The fourth-order valence-corrected chi connectivity index (χ4v) is 1.76. The number of nitrogens with two attached hydrogens (primary N) is 1. The molecular formula is C12H11FIN3O. The number of hydrogen-bond acceptors (Lipinski definition) is 4. The van der Waals surface area contributed by atoms with Crippen molar-refractivity contribution in [3.63, 3.8) is 0 Å². The van der Waals surface area contributed by atoms with Crippen molar-refractivity contribution in [3.8, 4) is 17.1 Å². The Labute approximate surface area is 118 Å². The number of methoxy groups -OCH3 is 1. The Morgan fingerprint density at radius 2 is 2.06 bits per heavy atom. The molecule has 0 radical (unpaired) electrons. The number of anilines is 1. The fourth-order valence-electron chi connectivity index (χ4n) is 1.52. The molecule has 94 valence electrons. The van der Waals surface area contributed by atoms with E-state index in [1.54, 1.807) is 6.07 Å². The third-order valence-electron chi connectivity index (χ3n) is 2.45. The lowest BCUT2D eigenvalue weighted by Crippen LogP contribution is -2.02. The van der Waals surface area contributed by atoms with E-state index in [1.165, 1.54) is 19.2 Å². The zero-order valence-electron chi connectivity index (χ0n) is 9.87. The summed E-state index contributed by atoms with van der Waals surface area (Å²) >= 11 is 2.08. The number of aryl methyl sites for hydroxylation is 1. The third-order valence-corrected chi connectivity index (χ3v) is 3.79. The van der Waals surface area contributed by atoms with Crippen molar-refractivity contribution in [2.24, 2.45) is 0 Å². The van der Waals surface area contributed by atoms with Crippen molar-refractivity contribution in [1.82, 2.24) is 9.97 Å². The Hall–Kier alpha value is -1.44. The van der Waals surface area contributed by atoms with Gasteiger partial charge in [0, 0.05) is 5.56 Å². The second-order valence-electron chi connectivity index (χ2n) is 3.68. The first kappa shape index (κ1) is 13.0. The summed E-state index contributed by atoms with van der Waals surface area (Å²) in [5, 5.41) is 0. The van der Waals surface area contributed by atoms with Crippen molar-refractivity contribution >= 4 is 28.4 Å². The molecule has 1 heterocycles. The summed E-state index contributed by atoms with van der Waals surface area (Å²) in [6.45, 7) is 1.84. The molecule has 0 amide bonds. The van der Waals surface area contributed by atoms with E-state index in [1.807, 2.05) is 6.92 Å². The average Bonchev–Trinajstić information content (AvgIpc) is 2.35. The SMILES string of the molecule is COc1ccc(-c2nc(C)c(I)c(N)n2)cc1F. The highest BCUT2D eigenvalue weighted by molar-refractivity contribution is 14.1. The Balaban J connectivity index is 2.52. The number of hydrogen-bond donors (Lipinski definition) is 1.